The maximum absolute atomic E-state index is 9.70. The van der Waals surface area contributed by atoms with Gasteiger partial charge in [-0.1, -0.05) is 0 Å². The smallest absolute Gasteiger partial charge is 0.0602 e. The van der Waals surface area contributed by atoms with Crippen molar-refractivity contribution in [3.05, 3.63) is 23.8 Å². The molecule has 2 saturated heterocycles. The van der Waals surface area contributed by atoms with E-state index in [1.54, 1.807) is 6.20 Å². The SMILES string of the molecule is Cc1cncc(CCN2CC3(CCOCC3)CCC2CO)n1. The van der Waals surface area contributed by atoms with E-state index in [0.29, 0.717) is 11.5 Å². The fourth-order valence-electron chi connectivity index (χ4n) is 3.87. The van der Waals surface area contributed by atoms with Gasteiger partial charge < -0.3 is 9.84 Å². The maximum atomic E-state index is 9.70. The number of aryl methyl sites for hydroxylation is 1. The van der Waals surface area contributed by atoms with Crippen LogP contribution >= 0.6 is 0 Å². The molecule has 0 bridgehead atoms. The highest BCUT2D eigenvalue weighted by atomic mass is 16.5. The van der Waals surface area contributed by atoms with Crippen molar-refractivity contribution in [3.63, 3.8) is 0 Å². The molecule has 0 aliphatic carbocycles. The first kappa shape index (κ1) is 15.8. The Morgan fingerprint density at radius 3 is 2.86 bits per heavy atom. The average molecular weight is 305 g/mol. The molecule has 2 fully saturated rings. The number of aliphatic hydroxyl groups excluding tert-OH is 1. The Morgan fingerprint density at radius 2 is 2.14 bits per heavy atom. The number of hydrogen-bond donors (Lipinski definition) is 1. The minimum Gasteiger partial charge on any atom is -0.395 e. The number of aliphatic hydroxyl groups is 1. The van der Waals surface area contributed by atoms with E-state index >= 15 is 0 Å². The first-order chi connectivity index (χ1) is 10.7. The van der Waals surface area contributed by atoms with Crippen molar-refractivity contribution in [2.75, 3.05) is 32.9 Å². The van der Waals surface area contributed by atoms with Gasteiger partial charge in [0.05, 0.1) is 18.0 Å². The minimum atomic E-state index is 0.256. The lowest BCUT2D eigenvalue weighted by Gasteiger charge is -2.48. The average Bonchev–Trinajstić information content (AvgIpc) is 2.54. The van der Waals surface area contributed by atoms with E-state index in [0.717, 1.165) is 63.4 Å². The van der Waals surface area contributed by atoms with Crippen molar-refractivity contribution in [1.29, 1.82) is 0 Å². The third-order valence-corrected chi connectivity index (χ3v) is 5.29. The minimum absolute atomic E-state index is 0.256. The molecule has 122 valence electrons. The topological polar surface area (TPSA) is 58.5 Å². The molecule has 2 aliphatic heterocycles. The van der Waals surface area contributed by atoms with Gasteiger partial charge in [-0.05, 0) is 38.0 Å². The van der Waals surface area contributed by atoms with Crippen LogP contribution in [0.5, 0.6) is 0 Å². The van der Waals surface area contributed by atoms with Crippen LogP contribution in [-0.4, -0.2) is 58.9 Å². The Morgan fingerprint density at radius 1 is 1.32 bits per heavy atom. The summed E-state index contributed by atoms with van der Waals surface area (Å²) in [6.45, 7) is 6.05. The third-order valence-electron chi connectivity index (χ3n) is 5.29. The van der Waals surface area contributed by atoms with Crippen LogP contribution in [0.3, 0.4) is 0 Å². The van der Waals surface area contributed by atoms with E-state index in [4.69, 9.17) is 4.74 Å². The van der Waals surface area contributed by atoms with Crippen molar-refractivity contribution >= 4 is 0 Å². The fraction of sp³-hybridized carbons (Fsp3) is 0.765. The Bertz CT molecular complexity index is 489. The molecule has 5 nitrogen and oxygen atoms in total. The zero-order valence-electron chi connectivity index (χ0n) is 13.5. The van der Waals surface area contributed by atoms with E-state index in [1.807, 2.05) is 13.1 Å². The molecule has 1 atom stereocenters. The van der Waals surface area contributed by atoms with E-state index in [9.17, 15) is 5.11 Å². The fourth-order valence-corrected chi connectivity index (χ4v) is 3.87. The molecular formula is C17H27N3O2. The molecule has 1 unspecified atom stereocenters. The van der Waals surface area contributed by atoms with Crippen LogP contribution < -0.4 is 0 Å². The number of hydrogen-bond acceptors (Lipinski definition) is 5. The van der Waals surface area contributed by atoms with Crippen LogP contribution in [0.15, 0.2) is 12.4 Å². The predicted molar refractivity (Wildman–Crippen MR) is 84.6 cm³/mol. The molecule has 0 aromatic carbocycles. The zero-order valence-corrected chi connectivity index (χ0v) is 13.5. The third kappa shape index (κ3) is 3.65. The molecule has 1 aromatic heterocycles. The van der Waals surface area contributed by atoms with Gasteiger partial charge in [0.15, 0.2) is 0 Å². The van der Waals surface area contributed by atoms with Crippen LogP contribution in [0.2, 0.25) is 0 Å². The Labute approximate surface area is 132 Å². The number of rotatable bonds is 4. The van der Waals surface area contributed by atoms with Crippen molar-refractivity contribution in [3.8, 4) is 0 Å². The Hall–Kier alpha value is -1.04. The lowest BCUT2D eigenvalue weighted by molar-refractivity contribution is -0.0518. The highest BCUT2D eigenvalue weighted by Gasteiger charge is 2.40. The summed E-state index contributed by atoms with van der Waals surface area (Å²) in [6.07, 6.45) is 9.18. The van der Waals surface area contributed by atoms with Crippen molar-refractivity contribution < 1.29 is 9.84 Å². The molecule has 2 aliphatic rings. The van der Waals surface area contributed by atoms with E-state index in [2.05, 4.69) is 14.9 Å². The Balaban J connectivity index is 1.63. The van der Waals surface area contributed by atoms with Crippen molar-refractivity contribution in [2.24, 2.45) is 5.41 Å². The Kier molecular flexibility index (Phi) is 5.06. The monoisotopic (exact) mass is 305 g/mol. The first-order valence-corrected chi connectivity index (χ1v) is 8.41. The zero-order chi connectivity index (χ0) is 15.4. The highest BCUT2D eigenvalue weighted by Crippen LogP contribution is 2.40. The lowest BCUT2D eigenvalue weighted by Crippen LogP contribution is -2.52. The second-order valence-corrected chi connectivity index (χ2v) is 6.86. The molecule has 3 rings (SSSR count). The quantitative estimate of drug-likeness (QED) is 0.915. The van der Waals surface area contributed by atoms with Gasteiger partial charge in [-0.2, -0.15) is 0 Å². The molecular weight excluding hydrogens is 278 g/mol. The second-order valence-electron chi connectivity index (χ2n) is 6.86. The summed E-state index contributed by atoms with van der Waals surface area (Å²) in [5.74, 6) is 0. The van der Waals surface area contributed by atoms with Gasteiger partial charge in [0.25, 0.3) is 0 Å². The van der Waals surface area contributed by atoms with Crippen molar-refractivity contribution in [1.82, 2.24) is 14.9 Å². The molecule has 1 aromatic rings. The first-order valence-electron chi connectivity index (χ1n) is 8.41. The molecule has 0 radical (unpaired) electrons. The van der Waals surface area contributed by atoms with Crippen molar-refractivity contribution in [2.45, 2.75) is 45.1 Å². The van der Waals surface area contributed by atoms with Gasteiger partial charge in [-0.25, -0.2) is 0 Å². The predicted octanol–water partition coefficient (Wildman–Crippen LogP) is 1.58. The normalized spacial score (nSPS) is 25.5. The summed E-state index contributed by atoms with van der Waals surface area (Å²) in [5.41, 5.74) is 2.42. The van der Waals surface area contributed by atoms with E-state index in [1.165, 1.54) is 6.42 Å². The molecule has 0 saturated carbocycles. The van der Waals surface area contributed by atoms with Crippen LogP contribution in [0.4, 0.5) is 0 Å². The van der Waals surface area contributed by atoms with E-state index in [-0.39, 0.29) is 6.61 Å². The summed E-state index contributed by atoms with van der Waals surface area (Å²) >= 11 is 0. The summed E-state index contributed by atoms with van der Waals surface area (Å²) in [7, 11) is 0. The van der Waals surface area contributed by atoms with Gasteiger partial charge in [0, 0.05) is 51.2 Å². The van der Waals surface area contributed by atoms with Gasteiger partial charge >= 0.3 is 0 Å². The molecule has 0 amide bonds. The molecule has 1 spiro atoms. The van der Waals surface area contributed by atoms with Crippen LogP contribution in [0.25, 0.3) is 0 Å². The highest BCUT2D eigenvalue weighted by molar-refractivity contribution is 5.02. The van der Waals surface area contributed by atoms with Crippen LogP contribution in [0.1, 0.15) is 37.1 Å². The lowest BCUT2D eigenvalue weighted by atomic mass is 9.72. The maximum Gasteiger partial charge on any atom is 0.0602 e. The van der Waals surface area contributed by atoms with Gasteiger partial charge in [-0.3, -0.25) is 14.9 Å². The standard InChI is InChI=1S/C17H27N3O2/c1-14-10-18-11-15(19-14)3-7-20-13-17(4-2-16(20)12-21)5-8-22-9-6-17/h10-11,16,21H,2-9,12-13H2,1H3. The van der Waals surface area contributed by atoms with Crippen LogP contribution in [0, 0.1) is 12.3 Å². The van der Waals surface area contributed by atoms with E-state index < -0.39 is 0 Å². The summed E-state index contributed by atoms with van der Waals surface area (Å²) in [5, 5.41) is 9.70. The molecule has 5 heteroatoms. The number of aromatic nitrogens is 2. The second kappa shape index (κ2) is 7.02. The molecule has 1 N–H and O–H groups in total. The van der Waals surface area contributed by atoms with Crippen LogP contribution in [-0.2, 0) is 11.2 Å². The van der Waals surface area contributed by atoms with Gasteiger partial charge in [-0.15, -0.1) is 0 Å². The largest absolute Gasteiger partial charge is 0.395 e. The molecule has 3 heterocycles. The number of ether oxygens (including phenoxy) is 1. The number of piperidine rings is 1. The van der Waals surface area contributed by atoms with Gasteiger partial charge in [0.2, 0.25) is 0 Å². The number of likely N-dealkylation sites (tertiary alicyclic amines) is 1. The summed E-state index contributed by atoms with van der Waals surface area (Å²) < 4.78 is 5.54. The summed E-state index contributed by atoms with van der Waals surface area (Å²) in [6, 6.07) is 0.297. The molecule has 22 heavy (non-hydrogen) atoms. The summed E-state index contributed by atoms with van der Waals surface area (Å²) in [4.78, 5) is 11.2. The number of nitrogens with zero attached hydrogens (tertiary/aromatic N) is 3. The van der Waals surface area contributed by atoms with Gasteiger partial charge in [0.1, 0.15) is 0 Å².